The van der Waals surface area contributed by atoms with Crippen LogP contribution in [0.4, 0.5) is 15.8 Å². The summed E-state index contributed by atoms with van der Waals surface area (Å²) < 4.78 is 13.8. The molecule has 1 heterocycles. The number of carbonyl (C=O) groups is 2. The van der Waals surface area contributed by atoms with E-state index in [0.29, 0.717) is 10.6 Å². The zero-order chi connectivity index (χ0) is 20.5. The molecule has 0 aliphatic carbocycles. The fourth-order valence-electron chi connectivity index (χ4n) is 3.34. The maximum absolute atomic E-state index is 13.8. The minimum Gasteiger partial charge on any atom is -0.339 e. The monoisotopic (exact) mass is 406 g/mol. The van der Waals surface area contributed by atoms with Crippen molar-refractivity contribution in [2.75, 3.05) is 16.8 Å². The fraction of sp³-hybridized carbons (Fsp3) is 0.0435. The number of amides is 2. The Bertz CT molecular complexity index is 1130. The SMILES string of the molecule is CN(C1=C(c2ccc(Cl)cc2)C(=O)N(c2cccc(F)c2)C1=O)c1ccccc1. The lowest BCUT2D eigenvalue weighted by Crippen LogP contribution is -2.34. The van der Waals surface area contributed by atoms with E-state index in [4.69, 9.17) is 11.6 Å². The Morgan fingerprint density at radius 3 is 2.21 bits per heavy atom. The van der Waals surface area contributed by atoms with Crippen molar-refractivity contribution in [2.45, 2.75) is 0 Å². The Kier molecular flexibility index (Phi) is 4.91. The van der Waals surface area contributed by atoms with E-state index >= 15 is 0 Å². The molecular weight excluding hydrogens is 391 g/mol. The number of hydrogen-bond donors (Lipinski definition) is 0. The van der Waals surface area contributed by atoms with Crippen molar-refractivity contribution in [2.24, 2.45) is 0 Å². The van der Waals surface area contributed by atoms with Crippen LogP contribution >= 0.6 is 11.6 Å². The number of anilines is 2. The summed E-state index contributed by atoms with van der Waals surface area (Å²) in [7, 11) is 1.72. The maximum atomic E-state index is 13.8. The van der Waals surface area contributed by atoms with E-state index in [1.54, 1.807) is 36.2 Å². The number of nitrogens with zero attached hydrogens (tertiary/aromatic N) is 2. The Labute approximate surface area is 172 Å². The van der Waals surface area contributed by atoms with Crippen molar-refractivity contribution in [3.05, 3.63) is 101 Å². The van der Waals surface area contributed by atoms with Gasteiger partial charge in [0.1, 0.15) is 11.5 Å². The second kappa shape index (κ2) is 7.53. The number of likely N-dealkylation sites (N-methyl/N-ethyl adjacent to an activating group) is 1. The number of benzene rings is 3. The fourth-order valence-corrected chi connectivity index (χ4v) is 3.46. The van der Waals surface area contributed by atoms with Crippen LogP contribution < -0.4 is 9.80 Å². The molecule has 0 saturated carbocycles. The highest BCUT2D eigenvalue weighted by molar-refractivity contribution is 6.46. The molecule has 0 unspecified atom stereocenters. The third-order valence-electron chi connectivity index (χ3n) is 4.74. The molecule has 4 nitrogen and oxygen atoms in total. The summed E-state index contributed by atoms with van der Waals surface area (Å²) in [5.74, 6) is -1.56. The van der Waals surface area contributed by atoms with Crippen molar-refractivity contribution in [3.63, 3.8) is 0 Å². The number of hydrogen-bond acceptors (Lipinski definition) is 3. The molecule has 0 saturated heterocycles. The third-order valence-corrected chi connectivity index (χ3v) is 4.99. The van der Waals surface area contributed by atoms with Gasteiger partial charge in [-0.25, -0.2) is 9.29 Å². The van der Waals surface area contributed by atoms with Gasteiger partial charge in [-0.3, -0.25) is 9.59 Å². The molecule has 144 valence electrons. The van der Waals surface area contributed by atoms with E-state index in [-0.39, 0.29) is 17.0 Å². The summed E-state index contributed by atoms with van der Waals surface area (Å²) in [6.45, 7) is 0. The van der Waals surface area contributed by atoms with E-state index in [9.17, 15) is 14.0 Å². The highest BCUT2D eigenvalue weighted by Crippen LogP contribution is 2.36. The Balaban J connectivity index is 1.88. The van der Waals surface area contributed by atoms with Gasteiger partial charge in [-0.05, 0) is 48.0 Å². The van der Waals surface area contributed by atoms with Crippen LogP contribution in [0.15, 0.2) is 84.6 Å². The molecule has 0 N–H and O–H groups in total. The van der Waals surface area contributed by atoms with Crippen molar-refractivity contribution >= 4 is 40.4 Å². The number of rotatable bonds is 4. The lowest BCUT2D eigenvalue weighted by molar-refractivity contribution is -0.120. The minimum atomic E-state index is -0.527. The quantitative estimate of drug-likeness (QED) is 0.578. The highest BCUT2D eigenvalue weighted by Gasteiger charge is 2.42. The van der Waals surface area contributed by atoms with Crippen LogP contribution in [-0.2, 0) is 9.59 Å². The standard InChI is InChI=1S/C23H16ClFN2O2/c1-26(18-7-3-2-4-8-18)21-20(15-10-12-16(24)13-11-15)22(28)27(23(21)29)19-9-5-6-17(25)14-19/h2-14H,1H3. The normalized spacial score (nSPS) is 14.0. The zero-order valence-corrected chi connectivity index (χ0v) is 16.2. The van der Waals surface area contributed by atoms with E-state index in [1.165, 1.54) is 24.3 Å². The van der Waals surface area contributed by atoms with Crippen molar-refractivity contribution < 1.29 is 14.0 Å². The molecule has 6 heteroatoms. The van der Waals surface area contributed by atoms with Gasteiger partial charge >= 0.3 is 0 Å². The van der Waals surface area contributed by atoms with Gasteiger partial charge < -0.3 is 4.90 Å². The van der Waals surface area contributed by atoms with Crippen molar-refractivity contribution in [3.8, 4) is 0 Å². The highest BCUT2D eigenvalue weighted by atomic mass is 35.5. The van der Waals surface area contributed by atoms with Gasteiger partial charge in [-0.2, -0.15) is 0 Å². The molecule has 0 atom stereocenters. The summed E-state index contributed by atoms with van der Waals surface area (Å²) in [5.41, 5.74) is 1.94. The molecule has 0 bridgehead atoms. The molecule has 3 aromatic rings. The van der Waals surface area contributed by atoms with Gasteiger partial charge in [0.05, 0.1) is 11.3 Å². The average molecular weight is 407 g/mol. The van der Waals surface area contributed by atoms with Gasteiger partial charge in [0, 0.05) is 17.8 Å². The van der Waals surface area contributed by atoms with Crippen LogP contribution in [0.3, 0.4) is 0 Å². The summed E-state index contributed by atoms with van der Waals surface area (Å²) in [5, 5.41) is 0.520. The number of imide groups is 1. The third kappa shape index (κ3) is 3.41. The predicted molar refractivity (Wildman–Crippen MR) is 112 cm³/mol. The summed E-state index contributed by atoms with van der Waals surface area (Å²) >= 11 is 5.99. The van der Waals surface area contributed by atoms with Crippen LogP contribution in [-0.4, -0.2) is 18.9 Å². The van der Waals surface area contributed by atoms with Gasteiger partial charge in [0.25, 0.3) is 11.8 Å². The molecule has 2 amide bonds. The molecule has 3 aromatic carbocycles. The topological polar surface area (TPSA) is 40.6 Å². The smallest absolute Gasteiger partial charge is 0.282 e. The van der Waals surface area contributed by atoms with Crippen LogP contribution in [0.2, 0.25) is 5.02 Å². The maximum Gasteiger partial charge on any atom is 0.282 e. The average Bonchev–Trinajstić information content (AvgIpc) is 2.99. The van der Waals surface area contributed by atoms with E-state index in [0.717, 1.165) is 10.6 Å². The first-order valence-electron chi connectivity index (χ1n) is 8.90. The zero-order valence-electron chi connectivity index (χ0n) is 15.5. The van der Waals surface area contributed by atoms with Crippen LogP contribution in [0.25, 0.3) is 5.57 Å². The van der Waals surface area contributed by atoms with Crippen molar-refractivity contribution in [1.29, 1.82) is 0 Å². The number of para-hydroxylation sites is 1. The summed E-state index contributed by atoms with van der Waals surface area (Å²) in [6, 6.07) is 21.4. The molecule has 4 rings (SSSR count). The van der Waals surface area contributed by atoms with Crippen LogP contribution in [0.1, 0.15) is 5.56 Å². The Hall–Kier alpha value is -3.44. The Morgan fingerprint density at radius 2 is 1.55 bits per heavy atom. The predicted octanol–water partition coefficient (Wildman–Crippen LogP) is 4.90. The van der Waals surface area contributed by atoms with Gasteiger partial charge in [0.2, 0.25) is 0 Å². The molecule has 29 heavy (non-hydrogen) atoms. The molecule has 0 spiro atoms. The van der Waals surface area contributed by atoms with E-state index < -0.39 is 17.6 Å². The first-order valence-corrected chi connectivity index (χ1v) is 9.28. The Morgan fingerprint density at radius 1 is 0.862 bits per heavy atom. The molecule has 1 aliphatic heterocycles. The lowest BCUT2D eigenvalue weighted by atomic mass is 10.0. The lowest BCUT2D eigenvalue weighted by Gasteiger charge is -2.21. The van der Waals surface area contributed by atoms with Gasteiger partial charge in [-0.1, -0.05) is 48.0 Å². The van der Waals surface area contributed by atoms with E-state index in [2.05, 4.69) is 0 Å². The van der Waals surface area contributed by atoms with Crippen molar-refractivity contribution in [1.82, 2.24) is 0 Å². The van der Waals surface area contributed by atoms with Crippen LogP contribution in [0, 0.1) is 5.82 Å². The second-order valence-corrected chi connectivity index (χ2v) is 6.99. The largest absolute Gasteiger partial charge is 0.339 e. The van der Waals surface area contributed by atoms with E-state index in [1.807, 2.05) is 30.3 Å². The molecule has 1 aliphatic rings. The second-order valence-electron chi connectivity index (χ2n) is 6.55. The van der Waals surface area contributed by atoms with Gasteiger partial charge in [-0.15, -0.1) is 0 Å². The number of carbonyl (C=O) groups excluding carboxylic acids is 2. The molecule has 0 fully saturated rings. The first-order chi connectivity index (χ1) is 14.0. The molecular formula is C23H16ClFN2O2. The molecule has 0 aromatic heterocycles. The molecule has 0 radical (unpaired) electrons. The number of halogens is 2. The van der Waals surface area contributed by atoms with Gasteiger partial charge in [0.15, 0.2) is 0 Å². The first kappa shape index (κ1) is 18.9. The minimum absolute atomic E-state index is 0.183. The summed E-state index contributed by atoms with van der Waals surface area (Å²) in [6.07, 6.45) is 0. The summed E-state index contributed by atoms with van der Waals surface area (Å²) in [4.78, 5) is 29.3. The van der Waals surface area contributed by atoms with Crippen LogP contribution in [0.5, 0.6) is 0 Å².